The van der Waals surface area contributed by atoms with Crippen molar-refractivity contribution in [3.63, 3.8) is 0 Å². The average molecular weight is 430 g/mol. The van der Waals surface area contributed by atoms with Crippen LogP contribution in [0.5, 0.6) is 5.75 Å². The van der Waals surface area contributed by atoms with E-state index in [-0.39, 0.29) is 30.1 Å². The van der Waals surface area contributed by atoms with Crippen molar-refractivity contribution in [1.29, 1.82) is 0 Å². The first kappa shape index (κ1) is 22.3. The van der Waals surface area contributed by atoms with Gasteiger partial charge in [0.2, 0.25) is 0 Å². The minimum atomic E-state index is -3.09. The molecule has 0 radical (unpaired) electrons. The fraction of sp³-hybridized carbons (Fsp3) is 0.458. The zero-order valence-corrected chi connectivity index (χ0v) is 18.8. The maximum absolute atomic E-state index is 13.0. The molecule has 5 nitrogen and oxygen atoms in total. The predicted molar refractivity (Wildman–Crippen MR) is 119 cm³/mol. The molecule has 0 unspecified atom stereocenters. The van der Waals surface area contributed by atoms with Crippen LogP contribution in [0, 0.1) is 0 Å². The van der Waals surface area contributed by atoms with Gasteiger partial charge in [-0.15, -0.1) is 0 Å². The third-order valence-corrected chi connectivity index (χ3v) is 7.41. The van der Waals surface area contributed by atoms with E-state index >= 15 is 0 Å². The maximum atomic E-state index is 13.0. The molecule has 2 aromatic carbocycles. The van der Waals surface area contributed by atoms with Gasteiger partial charge >= 0.3 is 0 Å². The van der Waals surface area contributed by atoms with Crippen LogP contribution in [0.2, 0.25) is 0 Å². The highest BCUT2D eigenvalue weighted by Gasteiger charge is 2.34. The smallest absolute Gasteiger partial charge is 0.261 e. The van der Waals surface area contributed by atoms with E-state index in [2.05, 4.69) is 32.9 Å². The van der Waals surface area contributed by atoms with Gasteiger partial charge in [-0.1, -0.05) is 57.2 Å². The van der Waals surface area contributed by atoms with Crippen molar-refractivity contribution >= 4 is 15.7 Å². The lowest BCUT2D eigenvalue weighted by atomic mass is 10.0. The molecule has 1 aliphatic rings. The number of aryl methyl sites for hydroxylation is 1. The zero-order valence-electron chi connectivity index (χ0n) is 18.0. The Balaban J connectivity index is 1.70. The number of hydrogen-bond donors (Lipinski definition) is 0. The summed E-state index contributed by atoms with van der Waals surface area (Å²) in [7, 11) is -3.09. The van der Waals surface area contributed by atoms with Gasteiger partial charge in [0.25, 0.3) is 5.91 Å². The second-order valence-corrected chi connectivity index (χ2v) is 10.5. The highest BCUT2D eigenvalue weighted by Crippen LogP contribution is 2.22. The average Bonchev–Trinajstić information content (AvgIpc) is 3.10. The molecule has 1 heterocycles. The summed E-state index contributed by atoms with van der Waals surface area (Å²) in [5.74, 6) is 1.03. The van der Waals surface area contributed by atoms with E-state index < -0.39 is 9.84 Å². The van der Waals surface area contributed by atoms with Crippen molar-refractivity contribution in [2.75, 3.05) is 18.1 Å². The van der Waals surface area contributed by atoms with Crippen LogP contribution in [-0.2, 0) is 27.6 Å². The molecule has 0 bridgehead atoms. The Morgan fingerprint density at radius 1 is 1.07 bits per heavy atom. The molecule has 1 amide bonds. The normalized spacial score (nSPS) is 17.8. The van der Waals surface area contributed by atoms with Crippen molar-refractivity contribution in [1.82, 2.24) is 4.90 Å². The van der Waals surface area contributed by atoms with Crippen LogP contribution in [-0.4, -0.2) is 43.4 Å². The van der Waals surface area contributed by atoms with E-state index in [9.17, 15) is 13.2 Å². The lowest BCUT2D eigenvalue weighted by molar-refractivity contribution is -0.136. The minimum absolute atomic E-state index is 0.0227. The Hall–Kier alpha value is -2.34. The van der Waals surface area contributed by atoms with Gasteiger partial charge < -0.3 is 9.64 Å². The van der Waals surface area contributed by atoms with Gasteiger partial charge in [-0.2, -0.15) is 0 Å². The number of benzene rings is 2. The van der Waals surface area contributed by atoms with Crippen LogP contribution in [0.3, 0.4) is 0 Å². The van der Waals surface area contributed by atoms with E-state index in [1.54, 1.807) is 4.90 Å². The molecule has 3 rings (SSSR count). The number of ether oxygens (including phenoxy) is 1. The molecule has 0 saturated carbocycles. The number of amides is 1. The quantitative estimate of drug-likeness (QED) is 0.637. The van der Waals surface area contributed by atoms with Crippen LogP contribution in [0.1, 0.15) is 49.8 Å². The van der Waals surface area contributed by atoms with Gasteiger partial charge in [-0.3, -0.25) is 4.79 Å². The van der Waals surface area contributed by atoms with Gasteiger partial charge in [-0.05, 0) is 47.6 Å². The summed E-state index contributed by atoms with van der Waals surface area (Å²) in [5, 5.41) is 0. The van der Waals surface area contributed by atoms with Crippen LogP contribution in [0.15, 0.2) is 48.5 Å². The lowest BCUT2D eigenvalue weighted by Gasteiger charge is -2.28. The van der Waals surface area contributed by atoms with Crippen LogP contribution in [0.25, 0.3) is 0 Å². The molecule has 6 heteroatoms. The topological polar surface area (TPSA) is 63.7 Å². The highest BCUT2D eigenvalue weighted by atomic mass is 32.2. The van der Waals surface area contributed by atoms with Crippen LogP contribution in [0.4, 0.5) is 0 Å². The highest BCUT2D eigenvalue weighted by molar-refractivity contribution is 7.91. The molecule has 1 saturated heterocycles. The summed E-state index contributed by atoms with van der Waals surface area (Å²) in [4.78, 5) is 14.7. The Morgan fingerprint density at radius 2 is 1.70 bits per heavy atom. The largest absolute Gasteiger partial charge is 0.484 e. The minimum Gasteiger partial charge on any atom is -0.484 e. The van der Waals surface area contributed by atoms with E-state index in [1.165, 1.54) is 11.1 Å². The van der Waals surface area contributed by atoms with E-state index in [0.29, 0.717) is 24.6 Å². The molecule has 0 aromatic heterocycles. The summed E-state index contributed by atoms with van der Waals surface area (Å²) < 4.78 is 29.7. The monoisotopic (exact) mass is 429 g/mol. The van der Waals surface area contributed by atoms with Crippen molar-refractivity contribution in [2.45, 2.75) is 52.1 Å². The zero-order chi connectivity index (χ0) is 21.7. The van der Waals surface area contributed by atoms with E-state index in [0.717, 1.165) is 12.0 Å². The van der Waals surface area contributed by atoms with Gasteiger partial charge in [0.15, 0.2) is 16.4 Å². The van der Waals surface area contributed by atoms with Gasteiger partial charge in [0, 0.05) is 12.6 Å². The second-order valence-electron chi connectivity index (χ2n) is 8.26. The van der Waals surface area contributed by atoms with Crippen molar-refractivity contribution in [2.24, 2.45) is 0 Å². The van der Waals surface area contributed by atoms with Crippen molar-refractivity contribution < 1.29 is 17.9 Å². The Kier molecular flexibility index (Phi) is 7.19. The van der Waals surface area contributed by atoms with Gasteiger partial charge in [0.1, 0.15) is 5.75 Å². The van der Waals surface area contributed by atoms with Crippen LogP contribution >= 0.6 is 0 Å². The van der Waals surface area contributed by atoms with Gasteiger partial charge in [-0.25, -0.2) is 8.42 Å². The fourth-order valence-electron chi connectivity index (χ4n) is 3.70. The molecule has 30 heavy (non-hydrogen) atoms. The molecule has 2 aromatic rings. The Bertz CT molecular complexity index is 950. The number of sulfone groups is 1. The predicted octanol–water partition coefficient (Wildman–Crippen LogP) is 3.97. The molecule has 1 fully saturated rings. The molecule has 1 atom stereocenters. The van der Waals surface area contributed by atoms with Crippen LogP contribution < -0.4 is 4.74 Å². The molecular formula is C24H31NO4S. The number of carbonyl (C=O) groups is 1. The third kappa shape index (κ3) is 5.85. The number of nitrogens with zero attached hydrogens (tertiary/aromatic N) is 1. The standard InChI is InChI=1S/C24H31NO4S/c1-4-19-5-7-20(8-6-19)15-25(22-13-14-30(27,28)17-22)24(26)16-29-23-11-9-21(10-12-23)18(2)3/h5-12,18,22H,4,13-17H2,1-3H3/t22-/m0/s1. The third-order valence-electron chi connectivity index (χ3n) is 5.66. The van der Waals surface area contributed by atoms with Gasteiger partial charge in [0.05, 0.1) is 11.5 Å². The first-order valence-corrected chi connectivity index (χ1v) is 12.4. The number of carbonyl (C=O) groups excluding carboxylic acids is 1. The molecule has 0 spiro atoms. The summed E-state index contributed by atoms with van der Waals surface area (Å²) in [6.07, 6.45) is 1.43. The molecule has 162 valence electrons. The van der Waals surface area contributed by atoms with E-state index in [1.807, 2.05) is 36.4 Å². The lowest BCUT2D eigenvalue weighted by Crippen LogP contribution is -2.43. The second kappa shape index (κ2) is 9.65. The summed E-state index contributed by atoms with van der Waals surface area (Å²) in [6.45, 7) is 6.63. The molecule has 0 aliphatic carbocycles. The SMILES string of the molecule is CCc1ccc(CN(C(=O)COc2ccc(C(C)C)cc2)[C@H]2CCS(=O)(=O)C2)cc1. The first-order chi connectivity index (χ1) is 14.3. The maximum Gasteiger partial charge on any atom is 0.261 e. The van der Waals surface area contributed by atoms with E-state index in [4.69, 9.17) is 4.74 Å². The Labute approximate surface area is 180 Å². The Morgan fingerprint density at radius 3 is 2.23 bits per heavy atom. The summed E-state index contributed by atoms with van der Waals surface area (Å²) in [6, 6.07) is 15.6. The summed E-state index contributed by atoms with van der Waals surface area (Å²) >= 11 is 0. The summed E-state index contributed by atoms with van der Waals surface area (Å²) in [5.41, 5.74) is 3.43. The molecule has 0 N–H and O–H groups in total. The molecule has 1 aliphatic heterocycles. The fourth-order valence-corrected chi connectivity index (χ4v) is 5.43. The molecular weight excluding hydrogens is 398 g/mol. The first-order valence-electron chi connectivity index (χ1n) is 10.6. The number of hydrogen-bond acceptors (Lipinski definition) is 4. The van der Waals surface area contributed by atoms with Crippen molar-refractivity contribution in [3.8, 4) is 5.75 Å². The number of rotatable bonds is 8. The van der Waals surface area contributed by atoms with Crippen molar-refractivity contribution in [3.05, 3.63) is 65.2 Å².